The van der Waals surface area contributed by atoms with Crippen molar-refractivity contribution in [2.45, 2.75) is 31.9 Å². The van der Waals surface area contributed by atoms with Gasteiger partial charge in [-0.05, 0) is 84.8 Å². The molecule has 9 unspecified atom stereocenters. The molecule has 2 bridgehead atoms. The van der Waals surface area contributed by atoms with Crippen molar-refractivity contribution in [2.75, 3.05) is 12.3 Å². The highest BCUT2D eigenvalue weighted by molar-refractivity contribution is 7.89. The maximum Gasteiger partial charge on any atom is 0.251 e. The molecule has 5 saturated carbocycles. The van der Waals surface area contributed by atoms with Crippen LogP contribution in [0.15, 0.2) is 24.3 Å². The SMILES string of the molecule is CCS(=O)(=O)NCc1ccc(C(=O)NCC2(O)C3C4CC5C6C4CC3C6C52)cc1. The molecule has 7 heteroatoms. The Morgan fingerprint density at radius 3 is 2.48 bits per heavy atom. The van der Waals surface area contributed by atoms with Crippen LogP contribution in [0, 0.1) is 47.3 Å². The van der Waals surface area contributed by atoms with Crippen molar-refractivity contribution in [2.24, 2.45) is 47.3 Å². The number of amides is 1. The minimum Gasteiger partial charge on any atom is -0.387 e. The van der Waals surface area contributed by atoms with Crippen LogP contribution in [0.1, 0.15) is 35.7 Å². The second-order valence-electron chi connectivity index (χ2n) is 9.93. The molecule has 0 radical (unpaired) electrons. The predicted molar refractivity (Wildman–Crippen MR) is 107 cm³/mol. The Kier molecular flexibility index (Phi) is 3.69. The van der Waals surface area contributed by atoms with Gasteiger partial charge in [-0.3, -0.25) is 4.79 Å². The largest absolute Gasteiger partial charge is 0.387 e. The molecule has 0 heterocycles. The molecular weight excluding hydrogens is 388 g/mol. The van der Waals surface area contributed by atoms with Gasteiger partial charge in [-0.1, -0.05) is 12.1 Å². The number of benzene rings is 1. The van der Waals surface area contributed by atoms with E-state index in [1.807, 2.05) is 0 Å². The number of hydrogen-bond donors (Lipinski definition) is 3. The van der Waals surface area contributed by atoms with E-state index in [0.29, 0.717) is 41.7 Å². The second-order valence-corrected chi connectivity index (χ2v) is 12.0. The Bertz CT molecular complexity index is 971. The van der Waals surface area contributed by atoms with Crippen LogP contribution in [-0.4, -0.2) is 37.3 Å². The van der Waals surface area contributed by atoms with E-state index in [1.165, 1.54) is 12.8 Å². The maximum atomic E-state index is 12.7. The number of nitrogens with one attached hydrogen (secondary N) is 2. The summed E-state index contributed by atoms with van der Waals surface area (Å²) in [5.41, 5.74) is 0.637. The molecule has 6 nitrogen and oxygen atoms in total. The number of carbonyl (C=O) groups excluding carboxylic acids is 1. The highest BCUT2D eigenvalue weighted by Gasteiger charge is 2.84. The Morgan fingerprint density at radius 2 is 1.76 bits per heavy atom. The molecule has 156 valence electrons. The first-order valence-corrected chi connectivity index (χ1v) is 12.6. The van der Waals surface area contributed by atoms with Crippen LogP contribution >= 0.6 is 0 Å². The van der Waals surface area contributed by atoms with Gasteiger partial charge >= 0.3 is 0 Å². The van der Waals surface area contributed by atoms with E-state index in [9.17, 15) is 18.3 Å². The zero-order chi connectivity index (χ0) is 20.1. The summed E-state index contributed by atoms with van der Waals surface area (Å²) in [6, 6.07) is 6.97. The predicted octanol–water partition coefficient (Wildman–Crippen LogP) is 1.36. The van der Waals surface area contributed by atoms with Crippen molar-refractivity contribution >= 4 is 15.9 Å². The first-order chi connectivity index (χ1) is 13.8. The number of hydrogen-bond acceptors (Lipinski definition) is 4. The Morgan fingerprint density at radius 1 is 1.07 bits per heavy atom. The third-order valence-corrected chi connectivity index (χ3v) is 10.5. The van der Waals surface area contributed by atoms with Gasteiger partial charge in [-0.2, -0.15) is 0 Å². The molecule has 9 atom stereocenters. The Balaban J connectivity index is 1.11. The summed E-state index contributed by atoms with van der Waals surface area (Å²) in [4.78, 5) is 12.7. The molecule has 0 aliphatic heterocycles. The molecule has 0 aromatic heterocycles. The normalized spacial score (nSPS) is 45.0. The minimum atomic E-state index is -3.24. The van der Waals surface area contributed by atoms with Crippen LogP contribution in [0.4, 0.5) is 0 Å². The molecule has 0 spiro atoms. The Hall–Kier alpha value is -1.44. The van der Waals surface area contributed by atoms with Crippen LogP contribution in [0.2, 0.25) is 0 Å². The maximum absolute atomic E-state index is 12.7. The molecule has 3 N–H and O–H groups in total. The molecule has 1 aromatic carbocycles. The highest BCUT2D eigenvalue weighted by atomic mass is 32.2. The molecule has 1 aromatic rings. The summed E-state index contributed by atoms with van der Waals surface area (Å²) >= 11 is 0. The first-order valence-electron chi connectivity index (χ1n) is 10.9. The van der Waals surface area contributed by atoms with Crippen LogP contribution in [0.3, 0.4) is 0 Å². The summed E-state index contributed by atoms with van der Waals surface area (Å²) in [7, 11) is -3.24. The molecule has 29 heavy (non-hydrogen) atoms. The van der Waals surface area contributed by atoms with Gasteiger partial charge in [0.15, 0.2) is 0 Å². The number of rotatable bonds is 7. The smallest absolute Gasteiger partial charge is 0.251 e. The lowest BCUT2D eigenvalue weighted by atomic mass is 9.56. The van der Waals surface area contributed by atoms with Crippen molar-refractivity contribution in [1.82, 2.24) is 10.0 Å². The van der Waals surface area contributed by atoms with Gasteiger partial charge < -0.3 is 10.4 Å². The molecule has 6 rings (SSSR count). The standard InChI is InChI=1S/C22H28N2O4S/c1-2-29(27,28)24-9-11-3-5-12(6-4-11)21(25)23-10-22(26)19-14-8-15-17-13(14)7-16(19)18(17)20(15)22/h3-6,13-20,24,26H,2,7-10H2,1H3,(H,23,25). The minimum absolute atomic E-state index is 0.0449. The van der Waals surface area contributed by atoms with Gasteiger partial charge in [0.25, 0.3) is 5.91 Å². The first kappa shape index (κ1) is 18.3. The average molecular weight is 417 g/mol. The number of carbonyl (C=O) groups is 1. The van der Waals surface area contributed by atoms with Crippen molar-refractivity contribution in [3.8, 4) is 0 Å². The van der Waals surface area contributed by atoms with Crippen molar-refractivity contribution in [3.63, 3.8) is 0 Å². The topological polar surface area (TPSA) is 95.5 Å². The molecule has 5 aliphatic rings. The van der Waals surface area contributed by atoms with E-state index in [0.717, 1.165) is 23.3 Å². The number of sulfonamides is 1. The van der Waals surface area contributed by atoms with Crippen molar-refractivity contribution in [1.29, 1.82) is 0 Å². The average Bonchev–Trinajstić information content (AvgIpc) is 3.24. The fourth-order valence-corrected chi connectivity index (χ4v) is 8.94. The second kappa shape index (κ2) is 5.83. The van der Waals surface area contributed by atoms with Gasteiger partial charge in [0.2, 0.25) is 10.0 Å². The Labute approximate surface area is 171 Å². The van der Waals surface area contributed by atoms with Crippen molar-refractivity contribution in [3.05, 3.63) is 35.4 Å². The van der Waals surface area contributed by atoms with E-state index in [-0.39, 0.29) is 18.2 Å². The monoisotopic (exact) mass is 416 g/mol. The summed E-state index contributed by atoms with van der Waals surface area (Å²) in [5.74, 6) is 5.24. The van der Waals surface area contributed by atoms with E-state index in [4.69, 9.17) is 0 Å². The third kappa shape index (κ3) is 2.29. The van der Waals surface area contributed by atoms with Gasteiger partial charge in [-0.15, -0.1) is 0 Å². The van der Waals surface area contributed by atoms with Gasteiger partial charge in [0.1, 0.15) is 0 Å². The highest BCUT2D eigenvalue weighted by Crippen LogP contribution is 2.85. The molecule has 5 aliphatic carbocycles. The summed E-state index contributed by atoms with van der Waals surface area (Å²) in [6.07, 6.45) is 2.63. The zero-order valence-corrected chi connectivity index (χ0v) is 17.4. The van der Waals surface area contributed by atoms with Crippen LogP contribution in [-0.2, 0) is 16.6 Å². The summed E-state index contributed by atoms with van der Waals surface area (Å²) in [5, 5.41) is 14.6. The molecule has 1 amide bonds. The fourth-order valence-electron chi connectivity index (χ4n) is 8.35. The number of aliphatic hydroxyl groups is 1. The third-order valence-electron chi connectivity index (χ3n) is 9.14. The van der Waals surface area contributed by atoms with E-state index in [1.54, 1.807) is 31.2 Å². The van der Waals surface area contributed by atoms with Crippen molar-refractivity contribution < 1.29 is 18.3 Å². The van der Waals surface area contributed by atoms with Crippen LogP contribution in [0.25, 0.3) is 0 Å². The van der Waals surface area contributed by atoms with E-state index in [2.05, 4.69) is 10.0 Å². The van der Waals surface area contributed by atoms with E-state index < -0.39 is 15.6 Å². The zero-order valence-electron chi connectivity index (χ0n) is 16.5. The summed E-state index contributed by atoms with van der Waals surface area (Å²) < 4.78 is 25.6. The molecule has 5 fully saturated rings. The van der Waals surface area contributed by atoms with E-state index >= 15 is 0 Å². The molecule has 0 saturated heterocycles. The quantitative estimate of drug-likeness (QED) is 0.626. The lowest BCUT2D eigenvalue weighted by Crippen LogP contribution is -2.59. The molecular formula is C22H28N2O4S. The lowest BCUT2D eigenvalue weighted by molar-refractivity contribution is -0.126. The van der Waals surface area contributed by atoms with Gasteiger partial charge in [0.05, 0.1) is 11.4 Å². The number of fused-ring (bicyclic) bond motifs is 2. The van der Waals surface area contributed by atoms with Crippen LogP contribution in [0.5, 0.6) is 0 Å². The van der Waals surface area contributed by atoms with Gasteiger partial charge in [0, 0.05) is 18.7 Å². The van der Waals surface area contributed by atoms with Gasteiger partial charge in [-0.25, -0.2) is 13.1 Å². The fraction of sp³-hybridized carbons (Fsp3) is 0.682. The van der Waals surface area contributed by atoms with Crippen LogP contribution < -0.4 is 10.0 Å². The lowest BCUT2D eigenvalue weighted by Gasteiger charge is -2.51. The summed E-state index contributed by atoms with van der Waals surface area (Å²) in [6.45, 7) is 2.17.